The van der Waals surface area contributed by atoms with Crippen LogP contribution in [0.25, 0.3) is 0 Å². The second-order valence-electron chi connectivity index (χ2n) is 5.18. The SMILES string of the molecule is CCNC1CCC(C)CC1CCCOCC. The van der Waals surface area contributed by atoms with Crippen molar-refractivity contribution < 1.29 is 4.74 Å². The first-order valence-electron chi connectivity index (χ1n) is 7.09. The lowest BCUT2D eigenvalue weighted by Gasteiger charge is -2.35. The molecule has 3 unspecified atom stereocenters. The maximum absolute atomic E-state index is 5.43. The van der Waals surface area contributed by atoms with Crippen LogP contribution in [-0.4, -0.2) is 25.8 Å². The van der Waals surface area contributed by atoms with Gasteiger partial charge in [-0.3, -0.25) is 0 Å². The molecule has 2 nitrogen and oxygen atoms in total. The molecule has 0 spiro atoms. The molecule has 0 bridgehead atoms. The largest absolute Gasteiger partial charge is 0.382 e. The van der Waals surface area contributed by atoms with Gasteiger partial charge in [-0.2, -0.15) is 0 Å². The van der Waals surface area contributed by atoms with Crippen LogP contribution in [0.15, 0.2) is 0 Å². The van der Waals surface area contributed by atoms with Crippen LogP contribution < -0.4 is 5.32 Å². The average Bonchev–Trinajstić information content (AvgIpc) is 2.28. The zero-order chi connectivity index (χ0) is 11.8. The molecule has 1 saturated carbocycles. The Kier molecular flexibility index (Phi) is 7.06. The summed E-state index contributed by atoms with van der Waals surface area (Å²) in [7, 11) is 0. The molecule has 16 heavy (non-hydrogen) atoms. The summed E-state index contributed by atoms with van der Waals surface area (Å²) in [5.41, 5.74) is 0. The molecule has 1 aliphatic rings. The highest BCUT2D eigenvalue weighted by molar-refractivity contribution is 4.83. The van der Waals surface area contributed by atoms with E-state index in [4.69, 9.17) is 4.74 Å². The lowest BCUT2D eigenvalue weighted by molar-refractivity contribution is 0.127. The summed E-state index contributed by atoms with van der Waals surface area (Å²) >= 11 is 0. The van der Waals surface area contributed by atoms with Crippen molar-refractivity contribution in [3.63, 3.8) is 0 Å². The third-order valence-corrected chi connectivity index (χ3v) is 3.78. The zero-order valence-corrected chi connectivity index (χ0v) is 11.3. The van der Waals surface area contributed by atoms with Gasteiger partial charge in [-0.25, -0.2) is 0 Å². The van der Waals surface area contributed by atoms with Crippen molar-refractivity contribution in [2.24, 2.45) is 11.8 Å². The number of rotatable bonds is 7. The molecule has 0 aromatic heterocycles. The topological polar surface area (TPSA) is 21.3 Å². The van der Waals surface area contributed by atoms with E-state index in [1.54, 1.807) is 0 Å². The van der Waals surface area contributed by atoms with E-state index in [0.29, 0.717) is 0 Å². The molecule has 3 atom stereocenters. The summed E-state index contributed by atoms with van der Waals surface area (Å²) in [6, 6.07) is 0.767. The number of hydrogen-bond acceptors (Lipinski definition) is 2. The second-order valence-corrected chi connectivity index (χ2v) is 5.18. The highest BCUT2D eigenvalue weighted by Gasteiger charge is 2.27. The molecule has 96 valence electrons. The Morgan fingerprint density at radius 3 is 2.75 bits per heavy atom. The highest BCUT2D eigenvalue weighted by atomic mass is 16.5. The Balaban J connectivity index is 2.26. The van der Waals surface area contributed by atoms with Crippen molar-refractivity contribution in [3.05, 3.63) is 0 Å². The monoisotopic (exact) mass is 227 g/mol. The van der Waals surface area contributed by atoms with E-state index >= 15 is 0 Å². The zero-order valence-electron chi connectivity index (χ0n) is 11.3. The summed E-state index contributed by atoms with van der Waals surface area (Å²) < 4.78 is 5.43. The summed E-state index contributed by atoms with van der Waals surface area (Å²) in [5.74, 6) is 1.80. The van der Waals surface area contributed by atoms with Crippen molar-refractivity contribution in [1.82, 2.24) is 5.32 Å². The summed E-state index contributed by atoms with van der Waals surface area (Å²) in [6.45, 7) is 9.61. The van der Waals surface area contributed by atoms with Gasteiger partial charge in [-0.15, -0.1) is 0 Å². The first-order chi connectivity index (χ1) is 7.77. The Bertz CT molecular complexity index is 172. The van der Waals surface area contributed by atoms with Crippen molar-refractivity contribution in [2.45, 2.75) is 58.9 Å². The summed E-state index contributed by atoms with van der Waals surface area (Å²) in [6.07, 6.45) is 6.74. The van der Waals surface area contributed by atoms with Crippen LogP contribution in [0, 0.1) is 11.8 Å². The molecule has 0 radical (unpaired) electrons. The van der Waals surface area contributed by atoms with E-state index in [1.807, 2.05) is 0 Å². The first kappa shape index (κ1) is 14.0. The standard InChI is InChI=1S/C14H29NO/c1-4-15-14-9-8-12(3)11-13(14)7-6-10-16-5-2/h12-15H,4-11H2,1-3H3. The number of ether oxygens (including phenoxy) is 1. The van der Waals surface area contributed by atoms with Gasteiger partial charge in [0.15, 0.2) is 0 Å². The molecule has 0 aromatic rings. The quantitative estimate of drug-likeness (QED) is 0.674. The fourth-order valence-electron chi connectivity index (χ4n) is 2.94. The van der Waals surface area contributed by atoms with Gasteiger partial charge in [-0.1, -0.05) is 13.8 Å². The molecule has 1 aliphatic carbocycles. The lowest BCUT2D eigenvalue weighted by Crippen LogP contribution is -2.40. The van der Waals surface area contributed by atoms with Crippen LogP contribution >= 0.6 is 0 Å². The van der Waals surface area contributed by atoms with Gasteiger partial charge < -0.3 is 10.1 Å². The second kappa shape index (κ2) is 8.08. The van der Waals surface area contributed by atoms with Gasteiger partial charge in [-0.05, 0) is 57.4 Å². The number of nitrogens with one attached hydrogen (secondary N) is 1. The summed E-state index contributed by atoms with van der Waals surface area (Å²) in [5, 5.41) is 3.66. The van der Waals surface area contributed by atoms with Crippen molar-refractivity contribution in [1.29, 1.82) is 0 Å². The van der Waals surface area contributed by atoms with E-state index in [1.165, 1.54) is 32.1 Å². The van der Waals surface area contributed by atoms with E-state index in [0.717, 1.165) is 37.6 Å². The van der Waals surface area contributed by atoms with Gasteiger partial charge in [0.05, 0.1) is 0 Å². The minimum atomic E-state index is 0.767. The molecule has 2 heteroatoms. The maximum atomic E-state index is 5.43. The molecule has 1 rings (SSSR count). The molecular weight excluding hydrogens is 198 g/mol. The van der Waals surface area contributed by atoms with Crippen LogP contribution in [0.1, 0.15) is 52.9 Å². The lowest BCUT2D eigenvalue weighted by atomic mass is 9.76. The molecule has 0 heterocycles. The maximum Gasteiger partial charge on any atom is 0.0466 e. The van der Waals surface area contributed by atoms with Gasteiger partial charge in [0, 0.05) is 19.3 Å². The predicted octanol–water partition coefficient (Wildman–Crippen LogP) is 3.22. The van der Waals surface area contributed by atoms with Crippen molar-refractivity contribution in [3.8, 4) is 0 Å². The van der Waals surface area contributed by atoms with Crippen molar-refractivity contribution in [2.75, 3.05) is 19.8 Å². The normalized spacial score (nSPS) is 30.6. The molecule has 0 amide bonds. The minimum Gasteiger partial charge on any atom is -0.382 e. The predicted molar refractivity (Wildman–Crippen MR) is 69.7 cm³/mol. The highest BCUT2D eigenvalue weighted by Crippen LogP contribution is 2.31. The molecule has 1 fully saturated rings. The van der Waals surface area contributed by atoms with Gasteiger partial charge in [0.25, 0.3) is 0 Å². The Morgan fingerprint density at radius 2 is 2.06 bits per heavy atom. The average molecular weight is 227 g/mol. The molecule has 0 saturated heterocycles. The van der Waals surface area contributed by atoms with E-state index in [2.05, 4.69) is 26.1 Å². The third-order valence-electron chi connectivity index (χ3n) is 3.78. The third kappa shape index (κ3) is 4.84. The Hall–Kier alpha value is -0.0800. The fraction of sp³-hybridized carbons (Fsp3) is 1.00. The Labute approximate surface area is 101 Å². The van der Waals surface area contributed by atoms with E-state index in [9.17, 15) is 0 Å². The van der Waals surface area contributed by atoms with Crippen LogP contribution in [0.4, 0.5) is 0 Å². The smallest absolute Gasteiger partial charge is 0.0466 e. The van der Waals surface area contributed by atoms with Gasteiger partial charge >= 0.3 is 0 Å². The van der Waals surface area contributed by atoms with Crippen LogP contribution in [0.3, 0.4) is 0 Å². The number of hydrogen-bond donors (Lipinski definition) is 1. The molecule has 1 N–H and O–H groups in total. The van der Waals surface area contributed by atoms with Gasteiger partial charge in [0.1, 0.15) is 0 Å². The van der Waals surface area contributed by atoms with Crippen LogP contribution in [-0.2, 0) is 4.74 Å². The Morgan fingerprint density at radius 1 is 1.25 bits per heavy atom. The summed E-state index contributed by atoms with van der Waals surface area (Å²) in [4.78, 5) is 0. The fourth-order valence-corrected chi connectivity index (χ4v) is 2.94. The molecule has 0 aromatic carbocycles. The van der Waals surface area contributed by atoms with Gasteiger partial charge in [0.2, 0.25) is 0 Å². The molecular formula is C14H29NO. The van der Waals surface area contributed by atoms with Crippen LogP contribution in [0.5, 0.6) is 0 Å². The van der Waals surface area contributed by atoms with Crippen LogP contribution in [0.2, 0.25) is 0 Å². The first-order valence-corrected chi connectivity index (χ1v) is 7.09. The van der Waals surface area contributed by atoms with Crippen molar-refractivity contribution >= 4 is 0 Å². The van der Waals surface area contributed by atoms with E-state index < -0.39 is 0 Å². The minimum absolute atomic E-state index is 0.767. The molecule has 0 aliphatic heterocycles. The van der Waals surface area contributed by atoms with E-state index in [-0.39, 0.29) is 0 Å².